The summed E-state index contributed by atoms with van der Waals surface area (Å²) in [4.78, 5) is 38.1. The number of hydrogen-bond donors (Lipinski definition) is 2. The number of aliphatic carboxylic acids is 1. The monoisotopic (exact) mass is 376 g/mol. The first-order chi connectivity index (χ1) is 13.5. The maximum absolute atomic E-state index is 12.2. The molecule has 0 unspecified atom stereocenters. The van der Waals surface area contributed by atoms with Crippen molar-refractivity contribution in [1.29, 1.82) is 5.26 Å². The van der Waals surface area contributed by atoms with Crippen LogP contribution in [0.1, 0.15) is 16.2 Å². The highest BCUT2D eigenvalue weighted by molar-refractivity contribution is 6.07. The summed E-state index contributed by atoms with van der Waals surface area (Å²) in [5, 5.41) is 23.6. The molecule has 0 fully saturated rings. The van der Waals surface area contributed by atoms with Crippen molar-refractivity contribution in [2.45, 2.75) is 0 Å². The van der Waals surface area contributed by atoms with E-state index in [2.05, 4.69) is 15.5 Å². The first kappa shape index (κ1) is 18.5. The average Bonchev–Trinajstić information content (AvgIpc) is 2.71. The Bertz CT molecular complexity index is 1120. The minimum Gasteiger partial charge on any atom is -0.480 e. The van der Waals surface area contributed by atoms with Crippen molar-refractivity contribution in [1.82, 2.24) is 10.3 Å². The molecule has 9 nitrogen and oxygen atoms in total. The molecule has 3 aromatic rings. The first-order valence-corrected chi connectivity index (χ1v) is 7.97. The molecule has 138 valence electrons. The van der Waals surface area contributed by atoms with Gasteiger partial charge < -0.3 is 15.2 Å². The Kier molecular flexibility index (Phi) is 5.23. The number of rotatable bonds is 6. The van der Waals surface area contributed by atoms with Gasteiger partial charge in [-0.25, -0.2) is 4.98 Å². The van der Waals surface area contributed by atoms with Crippen molar-refractivity contribution < 1.29 is 19.4 Å². The Hall–Kier alpha value is -4.32. The van der Waals surface area contributed by atoms with Crippen LogP contribution in [0.15, 0.2) is 53.7 Å². The summed E-state index contributed by atoms with van der Waals surface area (Å²) < 4.78 is 5.71. The van der Waals surface area contributed by atoms with Crippen molar-refractivity contribution in [3.63, 3.8) is 0 Å². The van der Waals surface area contributed by atoms with Crippen LogP contribution in [0, 0.1) is 16.2 Å². The molecular formula is C19H12N4O5. The van der Waals surface area contributed by atoms with Crippen molar-refractivity contribution in [3.8, 4) is 17.6 Å². The number of carboxylic acid groups (broad SMARTS) is 1. The number of aromatic nitrogens is 1. The average molecular weight is 376 g/mol. The van der Waals surface area contributed by atoms with Gasteiger partial charge in [0.2, 0.25) is 0 Å². The first-order valence-electron chi connectivity index (χ1n) is 7.97. The highest BCUT2D eigenvalue weighted by Crippen LogP contribution is 2.34. The minimum absolute atomic E-state index is 0.124. The van der Waals surface area contributed by atoms with E-state index in [4.69, 9.17) is 9.84 Å². The van der Waals surface area contributed by atoms with E-state index in [1.807, 2.05) is 12.1 Å². The van der Waals surface area contributed by atoms with Gasteiger partial charge in [-0.1, -0.05) is 18.2 Å². The van der Waals surface area contributed by atoms with E-state index in [-0.39, 0.29) is 22.2 Å². The third kappa shape index (κ3) is 3.76. The van der Waals surface area contributed by atoms with Crippen molar-refractivity contribution in [2.24, 2.45) is 5.18 Å². The Balaban J connectivity index is 2.08. The number of fused-ring (bicyclic) bond motifs is 1. The Morgan fingerprint density at radius 1 is 1.14 bits per heavy atom. The van der Waals surface area contributed by atoms with Gasteiger partial charge in [0.25, 0.3) is 5.91 Å². The van der Waals surface area contributed by atoms with Crippen LogP contribution >= 0.6 is 0 Å². The molecule has 0 saturated carbocycles. The van der Waals surface area contributed by atoms with Crippen LogP contribution in [-0.2, 0) is 4.79 Å². The smallest absolute Gasteiger partial charge is 0.322 e. The molecule has 2 N–H and O–H groups in total. The van der Waals surface area contributed by atoms with Gasteiger partial charge >= 0.3 is 5.97 Å². The summed E-state index contributed by atoms with van der Waals surface area (Å²) >= 11 is 0. The number of nitrogens with zero attached hydrogens (tertiary/aromatic N) is 3. The molecule has 0 aliphatic rings. The summed E-state index contributed by atoms with van der Waals surface area (Å²) in [6.45, 7) is -0.664. The Morgan fingerprint density at radius 3 is 2.54 bits per heavy atom. The molecule has 9 heteroatoms. The Labute approximate surface area is 158 Å². The number of carboxylic acids is 1. The molecule has 0 aliphatic heterocycles. The van der Waals surface area contributed by atoms with E-state index in [1.54, 1.807) is 30.3 Å². The van der Waals surface area contributed by atoms with Crippen LogP contribution in [-0.4, -0.2) is 28.5 Å². The molecule has 0 aliphatic carbocycles. The van der Waals surface area contributed by atoms with E-state index >= 15 is 0 Å². The van der Waals surface area contributed by atoms with Crippen LogP contribution in [0.4, 0.5) is 5.69 Å². The number of pyridine rings is 1. The van der Waals surface area contributed by atoms with E-state index in [0.717, 1.165) is 0 Å². The minimum atomic E-state index is -1.27. The SMILES string of the molecule is N#Cc1nc(C(=O)NCC(=O)O)c(N=O)c2ccc(Oc3ccccc3)cc12. The lowest BCUT2D eigenvalue weighted by Crippen LogP contribution is -2.30. The fourth-order valence-electron chi connectivity index (χ4n) is 2.54. The number of carbonyl (C=O) groups excluding carboxylic acids is 1. The van der Waals surface area contributed by atoms with Gasteiger partial charge in [-0.15, -0.1) is 4.91 Å². The molecule has 0 saturated heterocycles. The third-order valence-electron chi connectivity index (χ3n) is 3.74. The van der Waals surface area contributed by atoms with Crippen LogP contribution in [0.5, 0.6) is 11.5 Å². The van der Waals surface area contributed by atoms with E-state index in [0.29, 0.717) is 11.5 Å². The van der Waals surface area contributed by atoms with Crippen molar-refractivity contribution in [3.05, 3.63) is 64.8 Å². The highest BCUT2D eigenvalue weighted by Gasteiger charge is 2.21. The van der Waals surface area contributed by atoms with Crippen LogP contribution in [0.25, 0.3) is 10.8 Å². The number of carbonyl (C=O) groups is 2. The molecule has 0 spiro atoms. The fraction of sp³-hybridized carbons (Fsp3) is 0.0526. The summed E-state index contributed by atoms with van der Waals surface area (Å²) in [5.41, 5.74) is -0.832. The van der Waals surface area contributed by atoms with Crippen molar-refractivity contribution >= 4 is 28.3 Å². The van der Waals surface area contributed by atoms with Gasteiger partial charge in [-0.2, -0.15) is 5.26 Å². The normalized spacial score (nSPS) is 10.1. The lowest BCUT2D eigenvalue weighted by molar-refractivity contribution is -0.135. The van der Waals surface area contributed by atoms with Crippen LogP contribution < -0.4 is 10.1 Å². The Morgan fingerprint density at radius 2 is 1.89 bits per heavy atom. The zero-order valence-electron chi connectivity index (χ0n) is 14.2. The zero-order valence-corrected chi connectivity index (χ0v) is 14.2. The fourth-order valence-corrected chi connectivity index (χ4v) is 2.54. The molecule has 0 radical (unpaired) electrons. The van der Waals surface area contributed by atoms with Gasteiger partial charge in [0.1, 0.15) is 35.5 Å². The standard InChI is InChI=1S/C19H12N4O5/c20-9-15-14-8-12(28-11-4-2-1-3-5-11)6-7-13(14)17(23-27)18(22-15)19(26)21-10-16(24)25/h1-8H,10H2,(H,21,26)(H,24,25). The lowest BCUT2D eigenvalue weighted by Gasteiger charge is -2.10. The predicted octanol–water partition coefficient (Wildman–Crippen LogP) is 3.11. The topological polar surface area (TPSA) is 142 Å². The number of benzene rings is 2. The largest absolute Gasteiger partial charge is 0.480 e. The second-order valence-electron chi connectivity index (χ2n) is 5.56. The zero-order chi connectivity index (χ0) is 20.1. The van der Waals surface area contributed by atoms with Gasteiger partial charge in [0.05, 0.1) is 0 Å². The number of hydrogen-bond acceptors (Lipinski definition) is 7. The number of nitroso groups, excluding NO2 is 1. The number of nitrogens with one attached hydrogen (secondary N) is 1. The van der Waals surface area contributed by atoms with Gasteiger partial charge in [-0.3, -0.25) is 9.59 Å². The van der Waals surface area contributed by atoms with Gasteiger partial charge in [0, 0.05) is 10.8 Å². The van der Waals surface area contributed by atoms with E-state index in [9.17, 15) is 19.8 Å². The second kappa shape index (κ2) is 7.92. The summed E-state index contributed by atoms with van der Waals surface area (Å²) in [5.74, 6) is -1.21. The summed E-state index contributed by atoms with van der Waals surface area (Å²) in [6.07, 6.45) is 0. The summed E-state index contributed by atoms with van der Waals surface area (Å²) in [7, 11) is 0. The maximum atomic E-state index is 12.2. The number of amides is 1. The van der Waals surface area contributed by atoms with E-state index in [1.165, 1.54) is 12.1 Å². The molecule has 0 atom stereocenters. The quantitative estimate of drug-likeness (QED) is 0.629. The van der Waals surface area contributed by atoms with Crippen molar-refractivity contribution in [2.75, 3.05) is 6.54 Å². The maximum Gasteiger partial charge on any atom is 0.322 e. The predicted molar refractivity (Wildman–Crippen MR) is 98.4 cm³/mol. The second-order valence-corrected chi connectivity index (χ2v) is 5.56. The van der Waals surface area contributed by atoms with Gasteiger partial charge in [-0.05, 0) is 35.5 Å². The molecule has 28 heavy (non-hydrogen) atoms. The molecule has 1 aromatic heterocycles. The molecule has 2 aromatic carbocycles. The molecule has 3 rings (SSSR count). The van der Waals surface area contributed by atoms with Crippen LogP contribution in [0.3, 0.4) is 0 Å². The highest BCUT2D eigenvalue weighted by atomic mass is 16.5. The number of para-hydroxylation sites is 1. The third-order valence-corrected chi connectivity index (χ3v) is 3.74. The lowest BCUT2D eigenvalue weighted by atomic mass is 10.1. The number of nitriles is 1. The molecule has 1 heterocycles. The number of ether oxygens (including phenoxy) is 1. The molecule has 1 amide bonds. The van der Waals surface area contributed by atoms with Crippen LogP contribution in [0.2, 0.25) is 0 Å². The van der Waals surface area contributed by atoms with E-state index < -0.39 is 24.1 Å². The summed E-state index contributed by atoms with van der Waals surface area (Å²) in [6, 6.07) is 15.4. The molecule has 0 bridgehead atoms. The molecular weight excluding hydrogens is 364 g/mol. The van der Waals surface area contributed by atoms with Gasteiger partial charge in [0.15, 0.2) is 5.69 Å².